The molecule has 96 valence electrons. The zero-order chi connectivity index (χ0) is 12.7. The lowest BCUT2D eigenvalue weighted by molar-refractivity contribution is 0.412. The van der Waals surface area contributed by atoms with Crippen molar-refractivity contribution in [3.63, 3.8) is 0 Å². The van der Waals surface area contributed by atoms with Gasteiger partial charge in [0.15, 0.2) is 0 Å². The molecule has 1 aromatic carbocycles. The van der Waals surface area contributed by atoms with Crippen molar-refractivity contribution in [3.05, 3.63) is 28.2 Å². The summed E-state index contributed by atoms with van der Waals surface area (Å²) in [6.45, 7) is 2.19. The Morgan fingerprint density at radius 3 is 2.82 bits per heavy atom. The molecule has 1 aromatic rings. The van der Waals surface area contributed by atoms with E-state index < -0.39 is 0 Å². The van der Waals surface area contributed by atoms with Crippen LogP contribution in [0.15, 0.2) is 22.7 Å². The van der Waals surface area contributed by atoms with Gasteiger partial charge in [0.05, 0.1) is 11.6 Å². The van der Waals surface area contributed by atoms with Crippen molar-refractivity contribution in [2.24, 2.45) is 5.73 Å². The minimum Gasteiger partial charge on any atom is -0.496 e. The Balaban J connectivity index is 2.48. The second-order valence-corrected chi connectivity index (χ2v) is 6.01. The fourth-order valence-corrected chi connectivity index (χ4v) is 3.04. The number of benzene rings is 1. The Morgan fingerprint density at radius 2 is 2.24 bits per heavy atom. The minimum absolute atomic E-state index is 0.229. The monoisotopic (exact) mass is 317 g/mol. The first-order valence-electron chi connectivity index (χ1n) is 5.83. The summed E-state index contributed by atoms with van der Waals surface area (Å²) in [5, 5.41) is 0. The van der Waals surface area contributed by atoms with E-state index in [0.29, 0.717) is 0 Å². The molecule has 0 aromatic heterocycles. The van der Waals surface area contributed by atoms with Crippen LogP contribution in [0.1, 0.15) is 18.9 Å². The standard InChI is InChI=1S/C13H20BrNOS/c1-3-6-17-9-11(15)7-10-4-5-13(16-2)12(14)8-10/h4-5,8,11H,3,6-7,9,15H2,1-2H3. The van der Waals surface area contributed by atoms with Crippen LogP contribution < -0.4 is 10.5 Å². The largest absolute Gasteiger partial charge is 0.496 e. The van der Waals surface area contributed by atoms with E-state index in [4.69, 9.17) is 10.5 Å². The zero-order valence-electron chi connectivity index (χ0n) is 10.4. The van der Waals surface area contributed by atoms with E-state index in [-0.39, 0.29) is 6.04 Å². The molecule has 0 amide bonds. The number of halogens is 1. The summed E-state index contributed by atoms with van der Waals surface area (Å²) in [5.74, 6) is 3.08. The van der Waals surface area contributed by atoms with E-state index in [9.17, 15) is 0 Å². The predicted octanol–water partition coefficient (Wildman–Crippen LogP) is 3.47. The highest BCUT2D eigenvalue weighted by atomic mass is 79.9. The average molecular weight is 318 g/mol. The van der Waals surface area contributed by atoms with Gasteiger partial charge >= 0.3 is 0 Å². The van der Waals surface area contributed by atoms with Gasteiger partial charge in [-0.15, -0.1) is 0 Å². The van der Waals surface area contributed by atoms with Crippen LogP contribution in [-0.4, -0.2) is 24.7 Å². The fraction of sp³-hybridized carbons (Fsp3) is 0.538. The van der Waals surface area contributed by atoms with Crippen molar-refractivity contribution in [2.75, 3.05) is 18.6 Å². The zero-order valence-corrected chi connectivity index (χ0v) is 12.8. The lowest BCUT2D eigenvalue weighted by atomic mass is 10.1. The van der Waals surface area contributed by atoms with Gasteiger partial charge in [0.2, 0.25) is 0 Å². The van der Waals surface area contributed by atoms with Crippen LogP contribution in [0.5, 0.6) is 5.75 Å². The van der Waals surface area contributed by atoms with Gasteiger partial charge in [-0.1, -0.05) is 13.0 Å². The number of rotatable bonds is 7. The highest BCUT2D eigenvalue weighted by Gasteiger charge is 2.06. The van der Waals surface area contributed by atoms with Crippen LogP contribution in [0.3, 0.4) is 0 Å². The Bertz CT molecular complexity index is 346. The number of ether oxygens (including phenoxy) is 1. The third-order valence-electron chi connectivity index (χ3n) is 2.39. The van der Waals surface area contributed by atoms with E-state index in [1.54, 1.807) is 7.11 Å². The van der Waals surface area contributed by atoms with E-state index in [1.807, 2.05) is 17.8 Å². The van der Waals surface area contributed by atoms with Crippen LogP contribution >= 0.6 is 27.7 Å². The molecule has 0 saturated carbocycles. The second kappa shape index (κ2) is 8.01. The maximum Gasteiger partial charge on any atom is 0.133 e. The molecule has 0 saturated heterocycles. The molecule has 0 aliphatic rings. The topological polar surface area (TPSA) is 35.2 Å². The van der Waals surface area contributed by atoms with E-state index >= 15 is 0 Å². The molecule has 17 heavy (non-hydrogen) atoms. The fourth-order valence-electron chi connectivity index (χ4n) is 1.58. The molecule has 0 aliphatic heterocycles. The van der Waals surface area contributed by atoms with Crippen molar-refractivity contribution in [3.8, 4) is 5.75 Å². The number of nitrogens with two attached hydrogens (primary N) is 1. The average Bonchev–Trinajstić information content (AvgIpc) is 2.29. The van der Waals surface area contributed by atoms with Gasteiger partial charge in [-0.05, 0) is 52.2 Å². The van der Waals surface area contributed by atoms with E-state index in [1.165, 1.54) is 17.7 Å². The molecule has 0 spiro atoms. The minimum atomic E-state index is 0.229. The highest BCUT2D eigenvalue weighted by molar-refractivity contribution is 9.10. The molecule has 1 unspecified atom stereocenters. The lowest BCUT2D eigenvalue weighted by Gasteiger charge is -2.12. The number of hydrogen-bond acceptors (Lipinski definition) is 3. The summed E-state index contributed by atoms with van der Waals surface area (Å²) in [6, 6.07) is 6.37. The normalized spacial score (nSPS) is 12.5. The van der Waals surface area contributed by atoms with Gasteiger partial charge in [-0.3, -0.25) is 0 Å². The summed E-state index contributed by atoms with van der Waals surface area (Å²) < 4.78 is 6.19. The van der Waals surface area contributed by atoms with Crippen molar-refractivity contribution in [2.45, 2.75) is 25.8 Å². The Labute approximate surface area is 116 Å². The molecule has 1 atom stereocenters. The maximum absolute atomic E-state index is 6.10. The molecule has 0 fully saturated rings. The van der Waals surface area contributed by atoms with Crippen molar-refractivity contribution < 1.29 is 4.74 Å². The molecule has 0 bridgehead atoms. The van der Waals surface area contributed by atoms with E-state index in [2.05, 4.69) is 35.0 Å². The van der Waals surface area contributed by atoms with Gasteiger partial charge in [0, 0.05) is 11.8 Å². The first-order chi connectivity index (χ1) is 8.17. The van der Waals surface area contributed by atoms with Crippen molar-refractivity contribution in [1.29, 1.82) is 0 Å². The van der Waals surface area contributed by atoms with Crippen molar-refractivity contribution >= 4 is 27.7 Å². The summed E-state index contributed by atoms with van der Waals surface area (Å²) in [7, 11) is 1.67. The van der Waals surface area contributed by atoms with Crippen LogP contribution in [0.2, 0.25) is 0 Å². The molecule has 2 nitrogen and oxygen atoms in total. The summed E-state index contributed by atoms with van der Waals surface area (Å²) in [6.07, 6.45) is 2.13. The Kier molecular flexibility index (Phi) is 7.00. The van der Waals surface area contributed by atoms with Gasteiger partial charge in [0.25, 0.3) is 0 Å². The van der Waals surface area contributed by atoms with Crippen LogP contribution in [0.25, 0.3) is 0 Å². The van der Waals surface area contributed by atoms with Crippen LogP contribution in [0, 0.1) is 0 Å². The summed E-state index contributed by atoms with van der Waals surface area (Å²) in [4.78, 5) is 0. The highest BCUT2D eigenvalue weighted by Crippen LogP contribution is 2.26. The molecule has 1 rings (SSSR count). The maximum atomic E-state index is 6.10. The third kappa shape index (κ3) is 5.32. The van der Waals surface area contributed by atoms with Crippen LogP contribution in [-0.2, 0) is 6.42 Å². The first-order valence-corrected chi connectivity index (χ1v) is 7.77. The number of methoxy groups -OCH3 is 1. The molecular weight excluding hydrogens is 298 g/mol. The smallest absolute Gasteiger partial charge is 0.133 e. The first kappa shape index (κ1) is 14.9. The Hall–Kier alpha value is -0.190. The van der Waals surface area contributed by atoms with Crippen LogP contribution in [0.4, 0.5) is 0 Å². The van der Waals surface area contributed by atoms with Crippen molar-refractivity contribution in [1.82, 2.24) is 0 Å². The van der Waals surface area contributed by atoms with Gasteiger partial charge in [-0.2, -0.15) is 11.8 Å². The third-order valence-corrected chi connectivity index (χ3v) is 4.37. The molecular formula is C13H20BrNOS. The Morgan fingerprint density at radius 1 is 1.47 bits per heavy atom. The second-order valence-electron chi connectivity index (χ2n) is 4.01. The molecule has 0 heterocycles. The number of hydrogen-bond donors (Lipinski definition) is 1. The molecule has 0 aliphatic carbocycles. The molecule has 4 heteroatoms. The number of thioether (sulfide) groups is 1. The summed E-state index contributed by atoms with van der Waals surface area (Å²) >= 11 is 5.42. The lowest BCUT2D eigenvalue weighted by Crippen LogP contribution is -2.25. The van der Waals surface area contributed by atoms with Gasteiger partial charge in [-0.25, -0.2) is 0 Å². The molecule has 0 radical (unpaired) electrons. The quantitative estimate of drug-likeness (QED) is 0.782. The SMILES string of the molecule is CCCSCC(N)Cc1ccc(OC)c(Br)c1. The van der Waals surface area contributed by atoms with E-state index in [0.717, 1.165) is 22.4 Å². The molecule has 2 N–H and O–H groups in total. The predicted molar refractivity (Wildman–Crippen MR) is 80.0 cm³/mol. The van der Waals surface area contributed by atoms with Gasteiger partial charge < -0.3 is 10.5 Å². The van der Waals surface area contributed by atoms with Gasteiger partial charge in [0.1, 0.15) is 5.75 Å². The summed E-state index contributed by atoms with van der Waals surface area (Å²) in [5.41, 5.74) is 7.35.